The molecule has 2 atom stereocenters. The number of hydrogen-bond donors (Lipinski definition) is 1. The summed E-state index contributed by atoms with van der Waals surface area (Å²) in [4.78, 5) is 12.7. The first-order valence-electron chi connectivity index (χ1n) is 6.06. The third-order valence-corrected chi connectivity index (χ3v) is 4.17. The van der Waals surface area contributed by atoms with Crippen molar-refractivity contribution < 1.29 is 4.79 Å². The molecule has 1 aromatic heterocycles. The Balaban J connectivity index is 2.13. The lowest BCUT2D eigenvalue weighted by Gasteiger charge is -2.17. The molecule has 0 aliphatic heterocycles. The number of nitrogens with two attached hydrogens (primary N) is 1. The van der Waals surface area contributed by atoms with Gasteiger partial charge < -0.3 is 5.73 Å². The monoisotopic (exact) mass is 259 g/mol. The van der Waals surface area contributed by atoms with Gasteiger partial charge in [-0.3, -0.25) is 4.79 Å². The normalized spacial score (nSPS) is 14.1. The second-order valence-electron chi connectivity index (χ2n) is 4.52. The number of thiophene rings is 1. The van der Waals surface area contributed by atoms with Crippen LogP contribution in [0, 0.1) is 0 Å². The van der Waals surface area contributed by atoms with Gasteiger partial charge in [0.05, 0.1) is 5.92 Å². The summed E-state index contributed by atoms with van der Waals surface area (Å²) in [7, 11) is 0. The maximum absolute atomic E-state index is 11.6. The maximum Gasteiger partial charge on any atom is 0.225 e. The molecule has 18 heavy (non-hydrogen) atoms. The van der Waals surface area contributed by atoms with Crippen LogP contribution in [0.3, 0.4) is 0 Å². The molecule has 0 aliphatic carbocycles. The van der Waals surface area contributed by atoms with Crippen molar-refractivity contribution in [3.8, 4) is 0 Å². The van der Waals surface area contributed by atoms with Crippen molar-refractivity contribution in [2.75, 3.05) is 0 Å². The maximum atomic E-state index is 11.6. The second-order valence-corrected chi connectivity index (χ2v) is 5.50. The zero-order chi connectivity index (χ0) is 13.0. The fourth-order valence-electron chi connectivity index (χ4n) is 2.13. The summed E-state index contributed by atoms with van der Waals surface area (Å²) in [6.07, 6.45) is 0.764. The Morgan fingerprint density at radius 2 is 1.94 bits per heavy atom. The molecule has 0 aliphatic rings. The Kier molecular flexibility index (Phi) is 4.15. The number of carbonyl (C=O) groups excluding carboxylic acids is 1. The van der Waals surface area contributed by atoms with E-state index in [0.29, 0.717) is 5.92 Å². The third-order valence-electron chi connectivity index (χ3n) is 3.19. The Bertz CT molecular complexity index is 492. The van der Waals surface area contributed by atoms with Crippen LogP contribution in [0.2, 0.25) is 0 Å². The van der Waals surface area contributed by atoms with Crippen molar-refractivity contribution in [1.82, 2.24) is 0 Å². The Morgan fingerprint density at radius 3 is 2.50 bits per heavy atom. The third kappa shape index (κ3) is 2.99. The highest BCUT2D eigenvalue weighted by molar-refractivity contribution is 7.10. The van der Waals surface area contributed by atoms with Crippen LogP contribution in [0.1, 0.15) is 35.6 Å². The quantitative estimate of drug-likeness (QED) is 0.877. The van der Waals surface area contributed by atoms with Crippen molar-refractivity contribution >= 4 is 17.2 Å². The standard InChI is InChI=1S/C15H17NOS/c1-11(12-6-3-2-4-7-12)10-13(15(16)17)14-8-5-9-18-14/h2-9,11,13H,10H2,1H3,(H2,16,17). The van der Waals surface area contributed by atoms with Gasteiger partial charge in [-0.1, -0.05) is 43.3 Å². The molecule has 2 aromatic rings. The number of hydrogen-bond acceptors (Lipinski definition) is 2. The summed E-state index contributed by atoms with van der Waals surface area (Å²) in [5.41, 5.74) is 6.77. The van der Waals surface area contributed by atoms with E-state index in [9.17, 15) is 4.79 Å². The van der Waals surface area contributed by atoms with Gasteiger partial charge in [-0.15, -0.1) is 11.3 Å². The van der Waals surface area contributed by atoms with Gasteiger partial charge in [-0.2, -0.15) is 0 Å². The molecule has 2 nitrogen and oxygen atoms in total. The van der Waals surface area contributed by atoms with Crippen LogP contribution in [-0.4, -0.2) is 5.91 Å². The number of rotatable bonds is 5. The molecule has 0 fully saturated rings. The molecule has 0 saturated heterocycles. The van der Waals surface area contributed by atoms with E-state index in [0.717, 1.165) is 11.3 Å². The van der Waals surface area contributed by atoms with Crippen LogP contribution >= 0.6 is 11.3 Å². The average Bonchev–Trinajstić information content (AvgIpc) is 2.90. The topological polar surface area (TPSA) is 43.1 Å². The van der Waals surface area contributed by atoms with E-state index in [1.165, 1.54) is 5.56 Å². The summed E-state index contributed by atoms with van der Waals surface area (Å²) in [6.45, 7) is 2.14. The molecule has 2 rings (SSSR count). The summed E-state index contributed by atoms with van der Waals surface area (Å²) < 4.78 is 0. The zero-order valence-electron chi connectivity index (χ0n) is 10.4. The fraction of sp³-hybridized carbons (Fsp3) is 0.267. The first-order valence-corrected chi connectivity index (χ1v) is 6.94. The highest BCUT2D eigenvalue weighted by atomic mass is 32.1. The van der Waals surface area contributed by atoms with Crippen LogP contribution in [0.25, 0.3) is 0 Å². The van der Waals surface area contributed by atoms with Crippen molar-refractivity contribution in [3.05, 3.63) is 58.3 Å². The lowest BCUT2D eigenvalue weighted by atomic mass is 9.89. The predicted octanol–water partition coefficient (Wildman–Crippen LogP) is 3.51. The van der Waals surface area contributed by atoms with Gasteiger partial charge in [0.15, 0.2) is 0 Å². The van der Waals surface area contributed by atoms with Crippen LogP contribution in [0.4, 0.5) is 0 Å². The lowest BCUT2D eigenvalue weighted by molar-refractivity contribution is -0.119. The van der Waals surface area contributed by atoms with Gasteiger partial charge >= 0.3 is 0 Å². The molecule has 2 N–H and O–H groups in total. The fourth-order valence-corrected chi connectivity index (χ4v) is 2.98. The van der Waals surface area contributed by atoms with Gasteiger partial charge in [0.25, 0.3) is 0 Å². The summed E-state index contributed by atoms with van der Waals surface area (Å²) >= 11 is 1.60. The Labute approximate surface area is 111 Å². The molecule has 0 bridgehead atoms. The molecule has 0 saturated carbocycles. The Morgan fingerprint density at radius 1 is 1.22 bits per heavy atom. The number of primary amides is 1. The second kappa shape index (κ2) is 5.83. The molecule has 1 heterocycles. The van der Waals surface area contributed by atoms with Gasteiger partial charge in [0, 0.05) is 4.88 Å². The minimum absolute atomic E-state index is 0.180. The van der Waals surface area contributed by atoms with Crippen LogP contribution in [-0.2, 0) is 4.79 Å². The Hall–Kier alpha value is -1.61. The molecule has 1 aromatic carbocycles. The van der Waals surface area contributed by atoms with Gasteiger partial charge in [0.1, 0.15) is 0 Å². The molecule has 0 spiro atoms. The van der Waals surface area contributed by atoms with E-state index in [2.05, 4.69) is 19.1 Å². The molecular weight excluding hydrogens is 242 g/mol. The van der Waals surface area contributed by atoms with Gasteiger partial charge in [-0.05, 0) is 29.3 Å². The summed E-state index contributed by atoms with van der Waals surface area (Å²) in [6, 6.07) is 14.2. The van der Waals surface area contributed by atoms with Crippen molar-refractivity contribution in [2.24, 2.45) is 5.73 Å². The van der Waals surface area contributed by atoms with E-state index >= 15 is 0 Å². The number of amides is 1. The first-order chi connectivity index (χ1) is 8.68. The van der Waals surface area contributed by atoms with E-state index in [1.54, 1.807) is 11.3 Å². The zero-order valence-corrected chi connectivity index (χ0v) is 11.2. The molecule has 1 amide bonds. The summed E-state index contributed by atoms with van der Waals surface area (Å²) in [5, 5.41) is 1.98. The van der Waals surface area contributed by atoms with Crippen molar-refractivity contribution in [1.29, 1.82) is 0 Å². The highest BCUT2D eigenvalue weighted by Crippen LogP contribution is 2.31. The molecule has 0 radical (unpaired) electrons. The van der Waals surface area contributed by atoms with Crippen LogP contribution in [0.5, 0.6) is 0 Å². The van der Waals surface area contributed by atoms with Gasteiger partial charge in [0.2, 0.25) is 5.91 Å². The number of carbonyl (C=O) groups is 1. The van der Waals surface area contributed by atoms with Crippen LogP contribution in [0.15, 0.2) is 47.8 Å². The van der Waals surface area contributed by atoms with E-state index in [1.807, 2.05) is 35.7 Å². The predicted molar refractivity (Wildman–Crippen MR) is 75.7 cm³/mol. The van der Waals surface area contributed by atoms with Crippen molar-refractivity contribution in [3.63, 3.8) is 0 Å². The molecule has 3 heteroatoms. The smallest absolute Gasteiger partial charge is 0.225 e. The minimum Gasteiger partial charge on any atom is -0.369 e. The van der Waals surface area contributed by atoms with Crippen LogP contribution < -0.4 is 5.73 Å². The highest BCUT2D eigenvalue weighted by Gasteiger charge is 2.22. The largest absolute Gasteiger partial charge is 0.369 e. The first kappa shape index (κ1) is 12.8. The average molecular weight is 259 g/mol. The molecule has 94 valence electrons. The van der Waals surface area contributed by atoms with E-state index < -0.39 is 0 Å². The lowest BCUT2D eigenvalue weighted by Crippen LogP contribution is -2.22. The van der Waals surface area contributed by atoms with Crippen molar-refractivity contribution in [2.45, 2.75) is 25.2 Å². The SMILES string of the molecule is CC(CC(C(N)=O)c1cccs1)c1ccccc1. The van der Waals surface area contributed by atoms with E-state index in [4.69, 9.17) is 5.73 Å². The number of benzene rings is 1. The van der Waals surface area contributed by atoms with Gasteiger partial charge in [-0.25, -0.2) is 0 Å². The van der Waals surface area contributed by atoms with E-state index in [-0.39, 0.29) is 11.8 Å². The molecular formula is C15H17NOS. The molecule has 2 unspecified atom stereocenters. The summed E-state index contributed by atoms with van der Waals surface area (Å²) in [5.74, 6) is -0.0914. The minimum atomic E-state index is -0.236.